The summed E-state index contributed by atoms with van der Waals surface area (Å²) in [4.78, 5) is 17.5. The molecule has 0 unspecified atom stereocenters. The zero-order chi connectivity index (χ0) is 28.6. The van der Waals surface area contributed by atoms with E-state index in [4.69, 9.17) is 9.52 Å². The summed E-state index contributed by atoms with van der Waals surface area (Å²) in [6, 6.07) is 33.7. The first-order valence-electron chi connectivity index (χ1n) is 13.0. The van der Waals surface area contributed by atoms with E-state index in [2.05, 4.69) is 45.2 Å². The first kappa shape index (κ1) is 25.8. The molecule has 4 aromatic carbocycles. The number of nitriles is 1. The topological polar surface area (TPSA) is 84.7 Å². The average Bonchev–Trinajstić information content (AvgIpc) is 3.68. The third-order valence-electron chi connectivity index (χ3n) is 6.93. The largest absolute Gasteiger partial charge is 0.422 e. The van der Waals surface area contributed by atoms with Gasteiger partial charge in [-0.25, -0.2) is 14.5 Å². The van der Waals surface area contributed by atoms with Crippen molar-refractivity contribution in [2.45, 2.75) is 0 Å². The minimum Gasteiger partial charge on any atom is -0.422 e. The Balaban J connectivity index is 1.35. The Labute approximate surface area is 252 Å². The molecular weight excluding hydrogens is 608 g/mol. The highest BCUT2D eigenvalue weighted by Gasteiger charge is 2.18. The lowest BCUT2D eigenvalue weighted by Crippen LogP contribution is -2.02. The third kappa shape index (κ3) is 4.75. The van der Waals surface area contributed by atoms with Gasteiger partial charge in [0, 0.05) is 32.6 Å². The molecule has 0 saturated heterocycles. The van der Waals surface area contributed by atoms with Gasteiger partial charge in [-0.2, -0.15) is 10.4 Å². The number of hydrogen-bond donors (Lipinski definition) is 0. The molecule has 0 aliphatic rings. The van der Waals surface area contributed by atoms with E-state index in [0.29, 0.717) is 27.4 Å². The van der Waals surface area contributed by atoms with Crippen LogP contribution in [0.2, 0.25) is 0 Å². The Hall–Kier alpha value is -5.10. The van der Waals surface area contributed by atoms with E-state index >= 15 is 0 Å². The van der Waals surface area contributed by atoms with Gasteiger partial charge < -0.3 is 4.42 Å². The number of benzene rings is 4. The summed E-state index contributed by atoms with van der Waals surface area (Å²) in [6.07, 6.45) is 3.74. The van der Waals surface area contributed by atoms with Gasteiger partial charge in [0.05, 0.1) is 22.5 Å². The molecule has 42 heavy (non-hydrogen) atoms. The van der Waals surface area contributed by atoms with Crippen LogP contribution in [-0.4, -0.2) is 14.8 Å². The van der Waals surface area contributed by atoms with Crippen molar-refractivity contribution in [3.8, 4) is 34.3 Å². The molecule has 0 spiro atoms. The molecule has 0 atom stereocenters. The molecule has 0 bridgehead atoms. The summed E-state index contributed by atoms with van der Waals surface area (Å²) in [7, 11) is 0. The van der Waals surface area contributed by atoms with Crippen LogP contribution < -0.4 is 5.63 Å². The van der Waals surface area contributed by atoms with Crippen molar-refractivity contribution >= 4 is 60.7 Å². The van der Waals surface area contributed by atoms with Gasteiger partial charge in [-0.15, -0.1) is 11.3 Å². The Morgan fingerprint density at radius 1 is 0.929 bits per heavy atom. The fourth-order valence-electron chi connectivity index (χ4n) is 4.94. The summed E-state index contributed by atoms with van der Waals surface area (Å²) >= 11 is 4.77. The Kier molecular flexibility index (Phi) is 6.59. The van der Waals surface area contributed by atoms with Gasteiger partial charge in [-0.1, -0.05) is 76.6 Å². The molecule has 0 saturated carbocycles. The average molecular weight is 628 g/mol. The van der Waals surface area contributed by atoms with E-state index in [0.717, 1.165) is 43.1 Å². The van der Waals surface area contributed by atoms with Crippen molar-refractivity contribution in [2.75, 3.05) is 0 Å². The smallest absolute Gasteiger partial charge is 0.345 e. The molecule has 3 aromatic heterocycles. The predicted octanol–water partition coefficient (Wildman–Crippen LogP) is 8.75. The zero-order valence-corrected chi connectivity index (χ0v) is 24.3. The summed E-state index contributed by atoms with van der Waals surface area (Å²) in [6.45, 7) is 0. The summed E-state index contributed by atoms with van der Waals surface area (Å²) in [5.74, 6) is 0. The van der Waals surface area contributed by atoms with E-state index in [1.807, 2.05) is 83.7 Å². The van der Waals surface area contributed by atoms with Crippen LogP contribution in [0.3, 0.4) is 0 Å². The van der Waals surface area contributed by atoms with E-state index in [-0.39, 0.29) is 0 Å². The second-order valence-electron chi connectivity index (χ2n) is 9.58. The Bertz CT molecular complexity index is 2250. The number of allylic oxidation sites excluding steroid dienone is 1. The predicted molar refractivity (Wildman–Crippen MR) is 171 cm³/mol. The minimum absolute atomic E-state index is 0.341. The number of fused-ring (bicyclic) bond motifs is 2. The molecule has 0 aliphatic carbocycles. The van der Waals surface area contributed by atoms with Crippen molar-refractivity contribution in [1.82, 2.24) is 14.8 Å². The van der Waals surface area contributed by atoms with Crippen molar-refractivity contribution in [2.24, 2.45) is 0 Å². The van der Waals surface area contributed by atoms with Crippen LogP contribution in [0.25, 0.3) is 61.6 Å². The highest BCUT2D eigenvalue weighted by atomic mass is 79.9. The van der Waals surface area contributed by atoms with E-state index in [1.54, 1.807) is 17.5 Å². The maximum atomic E-state index is 12.8. The van der Waals surface area contributed by atoms with Gasteiger partial charge in [0.25, 0.3) is 0 Å². The van der Waals surface area contributed by atoms with Gasteiger partial charge in [-0.05, 0) is 53.2 Å². The molecule has 3 heterocycles. The standard InChI is InChI=1S/C34H19BrN4O2S/c35-25-13-14-31-22(16-25)17-29(34(40)41-31)30-20-42-33(37-30)23(18-36)15-24-19-39(26-9-2-1-3-10-26)38-32(24)28-12-6-8-21-7-4-5-11-27(21)28/h1-17,19-20H/b23-15+. The fourth-order valence-corrected chi connectivity index (χ4v) is 6.10. The molecule has 7 aromatic rings. The molecule has 0 fully saturated rings. The van der Waals surface area contributed by atoms with E-state index < -0.39 is 5.63 Å². The van der Waals surface area contributed by atoms with Gasteiger partial charge in [0.1, 0.15) is 22.4 Å². The van der Waals surface area contributed by atoms with Crippen LogP contribution in [0.5, 0.6) is 0 Å². The number of nitrogens with zero attached hydrogens (tertiary/aromatic N) is 4. The second kappa shape index (κ2) is 10.7. The fraction of sp³-hybridized carbons (Fsp3) is 0. The monoisotopic (exact) mass is 626 g/mol. The van der Waals surface area contributed by atoms with Gasteiger partial charge in [0.2, 0.25) is 0 Å². The van der Waals surface area contributed by atoms with Crippen molar-refractivity contribution in [3.05, 3.63) is 134 Å². The van der Waals surface area contributed by atoms with Crippen LogP contribution in [0.15, 0.2) is 122 Å². The number of hydrogen-bond acceptors (Lipinski definition) is 6. The number of halogens is 1. The van der Waals surface area contributed by atoms with Gasteiger partial charge in [-0.3, -0.25) is 0 Å². The van der Waals surface area contributed by atoms with E-state index in [1.165, 1.54) is 11.3 Å². The molecule has 0 aliphatic heterocycles. The highest BCUT2D eigenvalue weighted by molar-refractivity contribution is 9.10. The van der Waals surface area contributed by atoms with Crippen molar-refractivity contribution < 1.29 is 4.42 Å². The highest BCUT2D eigenvalue weighted by Crippen LogP contribution is 2.34. The zero-order valence-electron chi connectivity index (χ0n) is 21.9. The molecule has 6 nitrogen and oxygen atoms in total. The molecule has 0 radical (unpaired) electrons. The molecule has 8 heteroatoms. The quantitative estimate of drug-likeness (QED) is 0.141. The molecule has 0 amide bonds. The Morgan fingerprint density at radius 2 is 1.74 bits per heavy atom. The normalized spacial score (nSPS) is 11.7. The van der Waals surface area contributed by atoms with Crippen molar-refractivity contribution in [1.29, 1.82) is 5.26 Å². The van der Waals surface area contributed by atoms with Crippen LogP contribution in [0.4, 0.5) is 0 Å². The minimum atomic E-state index is -0.480. The van der Waals surface area contributed by atoms with E-state index in [9.17, 15) is 10.1 Å². The number of thiazole rings is 1. The van der Waals surface area contributed by atoms with Crippen LogP contribution in [0.1, 0.15) is 10.6 Å². The Morgan fingerprint density at radius 3 is 2.60 bits per heavy atom. The number of aromatic nitrogens is 3. The maximum Gasteiger partial charge on any atom is 0.345 e. The van der Waals surface area contributed by atoms with Gasteiger partial charge in [0.15, 0.2) is 0 Å². The van der Waals surface area contributed by atoms with Crippen LogP contribution in [-0.2, 0) is 0 Å². The molecule has 200 valence electrons. The molecule has 7 rings (SSSR count). The first-order valence-corrected chi connectivity index (χ1v) is 14.7. The summed E-state index contributed by atoms with van der Waals surface area (Å²) in [5.41, 5.74) is 4.58. The first-order chi connectivity index (χ1) is 20.6. The molecular formula is C34H19BrN4O2S. The SMILES string of the molecule is N#C/C(=C\c1cn(-c2ccccc2)nc1-c1cccc2ccccc12)c1nc(-c2cc3cc(Br)ccc3oc2=O)cs1. The maximum absolute atomic E-state index is 12.8. The number of para-hydroxylation sites is 1. The van der Waals surface area contributed by atoms with Gasteiger partial charge >= 0.3 is 5.63 Å². The summed E-state index contributed by atoms with van der Waals surface area (Å²) < 4.78 is 8.24. The number of rotatable bonds is 5. The second-order valence-corrected chi connectivity index (χ2v) is 11.4. The summed E-state index contributed by atoms with van der Waals surface area (Å²) in [5, 5.41) is 20.4. The third-order valence-corrected chi connectivity index (χ3v) is 8.30. The van der Waals surface area contributed by atoms with Crippen LogP contribution in [0, 0.1) is 11.3 Å². The van der Waals surface area contributed by atoms with Crippen LogP contribution >= 0.6 is 27.3 Å². The lowest BCUT2D eigenvalue weighted by Gasteiger charge is -2.05. The van der Waals surface area contributed by atoms with Crippen molar-refractivity contribution in [3.63, 3.8) is 0 Å². The lowest BCUT2D eigenvalue weighted by atomic mass is 9.99. The lowest BCUT2D eigenvalue weighted by molar-refractivity contribution is 0.563. The molecule has 0 N–H and O–H groups in total.